The summed E-state index contributed by atoms with van der Waals surface area (Å²) in [6.45, 7) is 5.28. The van der Waals surface area contributed by atoms with E-state index >= 15 is 0 Å². The SMILES string of the molecule is CCS[C@@H]1O[C@@H]([C@@H](COC(C)=O)OC(C)=O)[C@@H](OC(C)=O)[C@H]1NC(=O)OCc1ccccc1. The molecule has 0 aliphatic carbocycles. The van der Waals surface area contributed by atoms with Crippen molar-refractivity contribution >= 4 is 35.8 Å². The first-order valence-electron chi connectivity index (χ1n) is 10.4. The van der Waals surface area contributed by atoms with E-state index in [2.05, 4.69) is 5.32 Å². The van der Waals surface area contributed by atoms with Gasteiger partial charge in [-0.25, -0.2) is 4.79 Å². The van der Waals surface area contributed by atoms with Gasteiger partial charge < -0.3 is 29.0 Å². The topological polar surface area (TPSA) is 126 Å². The first kappa shape index (κ1) is 26.5. The molecule has 1 aliphatic heterocycles. The summed E-state index contributed by atoms with van der Waals surface area (Å²) in [4.78, 5) is 47.3. The van der Waals surface area contributed by atoms with Gasteiger partial charge in [-0.05, 0) is 11.3 Å². The predicted octanol–water partition coefficient (Wildman–Crippen LogP) is 2.19. The lowest BCUT2D eigenvalue weighted by molar-refractivity contribution is -0.173. The second kappa shape index (κ2) is 13.0. The molecule has 0 aromatic heterocycles. The van der Waals surface area contributed by atoms with Gasteiger partial charge in [-0.15, -0.1) is 11.8 Å². The minimum atomic E-state index is -1.05. The van der Waals surface area contributed by atoms with Crippen LogP contribution in [-0.4, -0.2) is 66.2 Å². The molecule has 1 N–H and O–H groups in total. The summed E-state index contributed by atoms with van der Waals surface area (Å²) in [5, 5.41) is 2.71. The summed E-state index contributed by atoms with van der Waals surface area (Å²) in [6.07, 6.45) is -3.78. The van der Waals surface area contributed by atoms with Crippen LogP contribution < -0.4 is 5.32 Å². The van der Waals surface area contributed by atoms with Crippen LogP contribution in [0.1, 0.15) is 33.3 Å². The summed E-state index contributed by atoms with van der Waals surface area (Å²) in [5.41, 5.74) is 0.171. The molecule has 1 amide bonds. The van der Waals surface area contributed by atoms with Gasteiger partial charge in [0.2, 0.25) is 0 Å². The molecule has 0 saturated carbocycles. The lowest BCUT2D eigenvalue weighted by Gasteiger charge is -2.28. The van der Waals surface area contributed by atoms with Crippen LogP contribution in [0.4, 0.5) is 4.79 Å². The lowest BCUT2D eigenvalue weighted by atomic mass is 10.0. The highest BCUT2D eigenvalue weighted by molar-refractivity contribution is 7.99. The van der Waals surface area contributed by atoms with E-state index in [0.717, 1.165) is 5.56 Å². The molecule has 11 heteroatoms. The van der Waals surface area contributed by atoms with Crippen molar-refractivity contribution in [3.63, 3.8) is 0 Å². The number of carbonyl (C=O) groups excluding carboxylic acids is 4. The van der Waals surface area contributed by atoms with Crippen molar-refractivity contribution in [1.29, 1.82) is 0 Å². The molecule has 33 heavy (non-hydrogen) atoms. The highest BCUT2D eigenvalue weighted by Gasteiger charge is 2.52. The second-order valence-corrected chi connectivity index (χ2v) is 8.56. The van der Waals surface area contributed by atoms with E-state index in [1.54, 1.807) is 0 Å². The Labute approximate surface area is 196 Å². The van der Waals surface area contributed by atoms with Crippen LogP contribution in [0.2, 0.25) is 0 Å². The number of hydrogen-bond donors (Lipinski definition) is 1. The summed E-state index contributed by atoms with van der Waals surface area (Å²) < 4.78 is 27.1. The van der Waals surface area contributed by atoms with Gasteiger partial charge in [0.1, 0.15) is 30.8 Å². The Balaban J connectivity index is 2.21. The molecule has 2 rings (SSSR count). The van der Waals surface area contributed by atoms with Crippen molar-refractivity contribution in [2.24, 2.45) is 0 Å². The smallest absolute Gasteiger partial charge is 0.407 e. The number of ether oxygens (including phenoxy) is 5. The van der Waals surface area contributed by atoms with Crippen molar-refractivity contribution in [3.05, 3.63) is 35.9 Å². The lowest BCUT2D eigenvalue weighted by Crippen LogP contribution is -2.51. The fourth-order valence-corrected chi connectivity index (χ4v) is 4.24. The van der Waals surface area contributed by atoms with Gasteiger partial charge in [-0.1, -0.05) is 37.3 Å². The Morgan fingerprint density at radius 3 is 2.30 bits per heavy atom. The molecule has 10 nitrogen and oxygen atoms in total. The number of hydrogen-bond acceptors (Lipinski definition) is 10. The fraction of sp³-hybridized carbons (Fsp3) is 0.545. The van der Waals surface area contributed by atoms with Crippen molar-refractivity contribution in [2.75, 3.05) is 12.4 Å². The monoisotopic (exact) mass is 483 g/mol. The Morgan fingerprint density at radius 2 is 1.73 bits per heavy atom. The zero-order valence-electron chi connectivity index (χ0n) is 19.0. The predicted molar refractivity (Wildman–Crippen MR) is 118 cm³/mol. The molecule has 1 aromatic rings. The number of nitrogens with one attached hydrogen (secondary N) is 1. The first-order valence-corrected chi connectivity index (χ1v) is 11.5. The third-order valence-electron chi connectivity index (χ3n) is 4.53. The molecule has 5 atom stereocenters. The quantitative estimate of drug-likeness (QED) is 0.391. The summed E-state index contributed by atoms with van der Waals surface area (Å²) in [7, 11) is 0. The van der Waals surface area contributed by atoms with Gasteiger partial charge in [0.05, 0.1) is 0 Å². The molecule has 1 aliphatic rings. The number of esters is 3. The van der Waals surface area contributed by atoms with Crippen LogP contribution in [0.3, 0.4) is 0 Å². The van der Waals surface area contributed by atoms with Crippen LogP contribution >= 0.6 is 11.8 Å². The minimum Gasteiger partial charge on any atom is -0.462 e. The van der Waals surface area contributed by atoms with Crippen molar-refractivity contribution < 1.29 is 42.9 Å². The fourth-order valence-electron chi connectivity index (χ4n) is 3.27. The van der Waals surface area contributed by atoms with Crippen LogP contribution in [0.25, 0.3) is 0 Å². The summed E-state index contributed by atoms with van der Waals surface area (Å²) >= 11 is 1.37. The Bertz CT molecular complexity index is 819. The normalized spacial score (nSPS) is 22.7. The van der Waals surface area contributed by atoms with E-state index in [1.807, 2.05) is 37.3 Å². The highest BCUT2D eigenvalue weighted by Crippen LogP contribution is 2.34. The zero-order chi connectivity index (χ0) is 24.4. The number of carbonyl (C=O) groups is 4. The molecule has 1 aromatic carbocycles. The third-order valence-corrected chi connectivity index (χ3v) is 5.59. The molecule has 0 unspecified atom stereocenters. The summed E-state index contributed by atoms with van der Waals surface area (Å²) in [5.74, 6) is -1.19. The number of benzene rings is 1. The molecule has 0 bridgehead atoms. The second-order valence-electron chi connectivity index (χ2n) is 7.18. The van der Waals surface area contributed by atoms with Crippen molar-refractivity contribution in [3.8, 4) is 0 Å². The average molecular weight is 484 g/mol. The van der Waals surface area contributed by atoms with E-state index in [1.165, 1.54) is 32.5 Å². The molecule has 1 heterocycles. The van der Waals surface area contributed by atoms with Crippen LogP contribution in [-0.2, 0) is 44.7 Å². The number of alkyl carbamates (subject to hydrolysis) is 1. The van der Waals surface area contributed by atoms with Crippen molar-refractivity contribution in [2.45, 2.75) is 64.1 Å². The Morgan fingerprint density at radius 1 is 1.03 bits per heavy atom. The number of amides is 1. The van der Waals surface area contributed by atoms with Gasteiger partial charge in [-0.3, -0.25) is 14.4 Å². The number of thioether (sulfide) groups is 1. The maximum Gasteiger partial charge on any atom is 0.407 e. The molecule has 0 spiro atoms. The summed E-state index contributed by atoms with van der Waals surface area (Å²) in [6, 6.07) is 8.34. The van der Waals surface area contributed by atoms with E-state index in [-0.39, 0.29) is 13.2 Å². The van der Waals surface area contributed by atoms with E-state index in [9.17, 15) is 19.2 Å². The largest absolute Gasteiger partial charge is 0.462 e. The third kappa shape index (κ3) is 8.58. The standard InChI is InChI=1S/C22H29NO9S/c1-5-33-21-18(23-22(27)29-11-16-9-7-6-8-10-16)20(31-15(4)26)19(32-21)17(30-14(3)25)12-28-13(2)24/h6-10,17-21H,5,11-12H2,1-4H3,(H,23,27)/t17-,18-,19+,20+,21+/m1/s1. The highest BCUT2D eigenvalue weighted by atomic mass is 32.2. The van der Waals surface area contributed by atoms with Gasteiger partial charge in [0.25, 0.3) is 0 Å². The molecule has 1 fully saturated rings. The maximum absolute atomic E-state index is 12.5. The molecule has 0 radical (unpaired) electrons. The molecular weight excluding hydrogens is 454 g/mol. The maximum atomic E-state index is 12.5. The average Bonchev–Trinajstić information content (AvgIpc) is 3.06. The van der Waals surface area contributed by atoms with Crippen LogP contribution in [0, 0.1) is 0 Å². The minimum absolute atomic E-state index is 0.0516. The van der Waals surface area contributed by atoms with Gasteiger partial charge in [0, 0.05) is 20.8 Å². The number of rotatable bonds is 10. The van der Waals surface area contributed by atoms with Crippen molar-refractivity contribution in [1.82, 2.24) is 5.32 Å². The zero-order valence-corrected chi connectivity index (χ0v) is 19.8. The Kier molecular flexibility index (Phi) is 10.5. The van der Waals surface area contributed by atoms with E-state index in [4.69, 9.17) is 23.7 Å². The first-order chi connectivity index (χ1) is 15.7. The van der Waals surface area contributed by atoms with Gasteiger partial charge >= 0.3 is 24.0 Å². The van der Waals surface area contributed by atoms with E-state index < -0.39 is 53.8 Å². The molecular formula is C22H29NO9S. The molecule has 182 valence electrons. The van der Waals surface area contributed by atoms with Gasteiger partial charge in [0.15, 0.2) is 12.2 Å². The molecule has 1 saturated heterocycles. The van der Waals surface area contributed by atoms with Crippen LogP contribution in [0.5, 0.6) is 0 Å². The van der Waals surface area contributed by atoms with Gasteiger partial charge in [-0.2, -0.15) is 0 Å². The van der Waals surface area contributed by atoms with E-state index in [0.29, 0.717) is 5.75 Å². The Hall–Kier alpha value is -2.79. The van der Waals surface area contributed by atoms with Crippen LogP contribution in [0.15, 0.2) is 30.3 Å².